The molecular formula is C44H38F6N2O2S2. The summed E-state index contributed by atoms with van der Waals surface area (Å²) < 4.78 is 96.0. The van der Waals surface area contributed by atoms with E-state index in [1.165, 1.54) is 0 Å². The van der Waals surface area contributed by atoms with Crippen LogP contribution in [0.3, 0.4) is 0 Å². The number of nitriles is 2. The maximum absolute atomic E-state index is 14.0. The molecule has 2 aromatic heterocycles. The van der Waals surface area contributed by atoms with E-state index in [0.717, 1.165) is 98.3 Å². The highest BCUT2D eigenvalue weighted by Crippen LogP contribution is 2.39. The Kier molecular flexibility index (Phi) is 15.0. The number of halogens is 6. The predicted molar refractivity (Wildman–Crippen MR) is 212 cm³/mol. The molecule has 0 aliphatic carbocycles. The van der Waals surface area contributed by atoms with Crippen LogP contribution in [0.1, 0.15) is 86.1 Å². The lowest BCUT2D eigenvalue weighted by Gasteiger charge is -2.16. The Labute approximate surface area is 330 Å². The van der Waals surface area contributed by atoms with Gasteiger partial charge in [0.15, 0.2) is 34.9 Å². The van der Waals surface area contributed by atoms with E-state index in [-0.39, 0.29) is 22.3 Å². The van der Waals surface area contributed by atoms with Gasteiger partial charge in [-0.3, -0.25) is 0 Å². The van der Waals surface area contributed by atoms with Crippen LogP contribution in [0.25, 0.3) is 44.2 Å². The zero-order chi connectivity index (χ0) is 40.2. The predicted octanol–water partition coefficient (Wildman–Crippen LogP) is 14.0. The van der Waals surface area contributed by atoms with Crippen molar-refractivity contribution in [3.05, 3.63) is 116 Å². The van der Waals surface area contributed by atoms with Crippen molar-refractivity contribution in [1.82, 2.24) is 0 Å². The van der Waals surface area contributed by atoms with Crippen LogP contribution >= 0.6 is 22.7 Å². The number of allylic oxidation sites excluding steroid dienone is 2. The van der Waals surface area contributed by atoms with Crippen LogP contribution in [0, 0.1) is 57.6 Å². The number of hydrogen-bond donors (Lipinski definition) is 0. The zero-order valence-corrected chi connectivity index (χ0v) is 32.4. The summed E-state index contributed by atoms with van der Waals surface area (Å²) in [7, 11) is 0. The molecule has 5 rings (SSSR count). The molecule has 0 aliphatic rings. The number of unbranched alkanes of at least 4 members (excludes halogenated alkanes) is 6. The minimum atomic E-state index is -1.56. The highest BCUT2D eigenvalue weighted by atomic mass is 32.1. The maximum Gasteiger partial charge on any atom is 0.194 e. The van der Waals surface area contributed by atoms with E-state index in [2.05, 4.69) is 26.0 Å². The number of nitrogens with zero attached hydrogens (tertiary/aromatic N) is 2. The first-order chi connectivity index (χ1) is 27.1. The van der Waals surface area contributed by atoms with Crippen molar-refractivity contribution in [3.8, 4) is 44.5 Å². The molecule has 3 aromatic carbocycles. The van der Waals surface area contributed by atoms with Crippen LogP contribution in [-0.4, -0.2) is 13.2 Å². The first-order valence-electron chi connectivity index (χ1n) is 18.2. The topological polar surface area (TPSA) is 66.0 Å². The standard InChI is InChI=1S/C44H38F6N2O2S2/c1-3-5-7-9-15-53-37-23-28(18-32(26-52)42-14-12-40(56-42)30-21-35(47)44(50)36(48)22-30)38(54-16-10-8-6-4-2)24-27(37)17-31(25-51)41-13-11-39(55-41)29-19-33(45)43(49)34(46)20-29/h11-14,17-24H,3-10,15-16H2,1-2H3/b31-17+,32-18+. The molecule has 2 heterocycles. The average molecular weight is 805 g/mol. The fraction of sp³-hybridized carbons (Fsp3) is 0.273. The van der Waals surface area contributed by atoms with Gasteiger partial charge in [-0.15, -0.1) is 22.7 Å². The fourth-order valence-electron chi connectivity index (χ4n) is 5.79. The second-order valence-corrected chi connectivity index (χ2v) is 15.1. The van der Waals surface area contributed by atoms with E-state index in [1.807, 2.05) is 0 Å². The summed E-state index contributed by atoms with van der Waals surface area (Å²) in [6, 6.07) is 18.0. The van der Waals surface area contributed by atoms with Crippen LogP contribution in [-0.2, 0) is 0 Å². The molecule has 0 N–H and O–H groups in total. The molecule has 0 unspecified atom stereocenters. The summed E-state index contributed by atoms with van der Waals surface area (Å²) >= 11 is 2.22. The van der Waals surface area contributed by atoms with Crippen molar-refractivity contribution in [3.63, 3.8) is 0 Å². The summed E-state index contributed by atoms with van der Waals surface area (Å²) in [4.78, 5) is 1.85. The van der Waals surface area contributed by atoms with Gasteiger partial charge in [-0.25, -0.2) is 26.3 Å². The quantitative estimate of drug-likeness (QED) is 0.0383. The van der Waals surface area contributed by atoms with Crippen LogP contribution in [0.2, 0.25) is 0 Å². The van der Waals surface area contributed by atoms with Gasteiger partial charge < -0.3 is 9.47 Å². The van der Waals surface area contributed by atoms with Gasteiger partial charge in [0.05, 0.1) is 24.4 Å². The third-order valence-corrected chi connectivity index (χ3v) is 11.1. The molecule has 0 atom stereocenters. The Balaban J connectivity index is 1.58. The van der Waals surface area contributed by atoms with Crippen molar-refractivity contribution >= 4 is 46.0 Å². The van der Waals surface area contributed by atoms with Gasteiger partial charge in [-0.05, 0) is 96.8 Å². The lowest BCUT2D eigenvalue weighted by Crippen LogP contribution is -2.03. The molecule has 12 heteroatoms. The molecule has 0 radical (unpaired) electrons. The summed E-state index contributed by atoms with van der Waals surface area (Å²) in [6.07, 6.45) is 10.8. The minimum absolute atomic E-state index is 0.129. The van der Waals surface area contributed by atoms with Crippen molar-refractivity contribution in [2.45, 2.75) is 65.2 Å². The monoisotopic (exact) mass is 804 g/mol. The van der Waals surface area contributed by atoms with Crippen LogP contribution in [0.15, 0.2) is 60.7 Å². The minimum Gasteiger partial charge on any atom is -0.493 e. The normalized spacial score (nSPS) is 11.8. The number of hydrogen-bond acceptors (Lipinski definition) is 6. The highest BCUT2D eigenvalue weighted by Gasteiger charge is 2.18. The summed E-state index contributed by atoms with van der Waals surface area (Å²) in [5, 5.41) is 20.6. The van der Waals surface area contributed by atoms with Gasteiger partial charge >= 0.3 is 0 Å². The summed E-state index contributed by atoms with van der Waals surface area (Å²) in [5.41, 5.74) is 1.76. The first kappa shape index (κ1) is 41.9. The summed E-state index contributed by atoms with van der Waals surface area (Å²) in [5.74, 6) is -7.57. The van der Waals surface area contributed by atoms with E-state index >= 15 is 0 Å². The lowest BCUT2D eigenvalue weighted by molar-refractivity contribution is 0.296. The van der Waals surface area contributed by atoms with Crippen molar-refractivity contribution in [2.75, 3.05) is 13.2 Å². The Morgan fingerprint density at radius 1 is 0.554 bits per heavy atom. The largest absolute Gasteiger partial charge is 0.493 e. The van der Waals surface area contributed by atoms with Crippen molar-refractivity contribution in [1.29, 1.82) is 10.5 Å². The molecule has 0 aliphatic heterocycles. The molecule has 0 saturated heterocycles. The van der Waals surface area contributed by atoms with Gasteiger partial charge in [0.2, 0.25) is 0 Å². The maximum atomic E-state index is 14.0. The van der Waals surface area contributed by atoms with E-state index in [1.54, 1.807) is 48.6 Å². The van der Waals surface area contributed by atoms with Gasteiger partial charge in [0.1, 0.15) is 23.6 Å². The molecular weight excluding hydrogens is 767 g/mol. The molecule has 0 fully saturated rings. The molecule has 0 saturated carbocycles. The van der Waals surface area contributed by atoms with Crippen molar-refractivity contribution in [2.24, 2.45) is 0 Å². The van der Waals surface area contributed by atoms with Gasteiger partial charge in [-0.1, -0.05) is 52.4 Å². The molecule has 290 valence electrons. The Morgan fingerprint density at radius 2 is 0.929 bits per heavy atom. The smallest absolute Gasteiger partial charge is 0.194 e. The Bertz CT molecular complexity index is 2110. The van der Waals surface area contributed by atoms with Crippen LogP contribution < -0.4 is 9.47 Å². The second kappa shape index (κ2) is 20.0. The van der Waals surface area contributed by atoms with E-state index in [0.29, 0.717) is 55.3 Å². The zero-order valence-electron chi connectivity index (χ0n) is 30.8. The SMILES string of the molecule is CCCCCCOc1cc(/C=C(\C#N)c2ccc(-c3cc(F)c(F)c(F)c3)s2)c(OCCCCCC)cc1/C=C(\C#N)c1ccc(-c2cc(F)c(F)c(F)c2)s1. The third-order valence-electron chi connectivity index (χ3n) is 8.77. The summed E-state index contributed by atoms with van der Waals surface area (Å²) in [6.45, 7) is 4.95. The molecule has 0 bridgehead atoms. The van der Waals surface area contributed by atoms with Gasteiger partial charge in [0, 0.05) is 30.6 Å². The average Bonchev–Trinajstić information content (AvgIpc) is 3.89. The molecule has 0 amide bonds. The van der Waals surface area contributed by atoms with Crippen LogP contribution in [0.5, 0.6) is 11.5 Å². The lowest BCUT2D eigenvalue weighted by atomic mass is 10.0. The number of benzene rings is 3. The third kappa shape index (κ3) is 10.5. The molecule has 0 spiro atoms. The Hall–Kier alpha value is -5.30. The molecule has 4 nitrogen and oxygen atoms in total. The van der Waals surface area contributed by atoms with E-state index in [4.69, 9.17) is 9.47 Å². The van der Waals surface area contributed by atoms with E-state index < -0.39 is 34.9 Å². The molecule has 5 aromatic rings. The number of thiophene rings is 2. The highest BCUT2D eigenvalue weighted by molar-refractivity contribution is 7.17. The fourth-order valence-corrected chi connectivity index (χ4v) is 7.71. The van der Waals surface area contributed by atoms with Crippen molar-refractivity contribution < 1.29 is 35.8 Å². The number of ether oxygens (including phenoxy) is 2. The van der Waals surface area contributed by atoms with Gasteiger partial charge in [0.25, 0.3) is 0 Å². The first-order valence-corrected chi connectivity index (χ1v) is 19.9. The van der Waals surface area contributed by atoms with Crippen LogP contribution in [0.4, 0.5) is 26.3 Å². The van der Waals surface area contributed by atoms with E-state index in [9.17, 15) is 36.9 Å². The molecule has 56 heavy (non-hydrogen) atoms. The second-order valence-electron chi connectivity index (χ2n) is 12.9. The Morgan fingerprint density at radius 3 is 1.27 bits per heavy atom. The number of rotatable bonds is 18. The van der Waals surface area contributed by atoms with Gasteiger partial charge in [-0.2, -0.15) is 10.5 Å².